The molecule has 15 heteroatoms. The number of nitrogens with zero attached hydrogens (tertiary/aromatic N) is 2. The van der Waals surface area contributed by atoms with E-state index in [-0.39, 0.29) is 6.79 Å². The van der Waals surface area contributed by atoms with E-state index in [0.29, 0.717) is 44.2 Å². The largest absolute Gasteiger partial charge is 0.387 e. The lowest BCUT2D eigenvalue weighted by Gasteiger charge is -2.14. The number of hydrogen-bond donors (Lipinski definition) is 1. The number of aliphatic hydroxyl groups excluding tert-OH is 1. The third-order valence-electron chi connectivity index (χ3n) is 6.81. The summed E-state index contributed by atoms with van der Waals surface area (Å²) in [6.45, 7) is 5.38. The summed E-state index contributed by atoms with van der Waals surface area (Å²) in [6, 6.07) is 23.7. The predicted molar refractivity (Wildman–Crippen MR) is 198 cm³/mol. The van der Waals surface area contributed by atoms with E-state index in [4.69, 9.17) is 23.1 Å². The molecule has 2 aromatic carbocycles. The predicted octanol–water partition coefficient (Wildman–Crippen LogP) is 6.79. The fourth-order valence-electron chi connectivity index (χ4n) is 4.36. The molecular formula is C36H47ClN2O10S2. The van der Waals surface area contributed by atoms with Crippen LogP contribution in [0.4, 0.5) is 0 Å². The third-order valence-corrected chi connectivity index (χ3v) is 7.39. The molecule has 12 nitrogen and oxygen atoms in total. The molecule has 1 N–H and O–H groups in total. The lowest BCUT2D eigenvalue weighted by atomic mass is 10.0. The number of methoxy groups -OCH3 is 2. The highest BCUT2D eigenvalue weighted by atomic mass is 35.7. The van der Waals surface area contributed by atoms with Crippen LogP contribution in [-0.2, 0) is 55.5 Å². The first-order valence-corrected chi connectivity index (χ1v) is 20.4. The SMILES string of the molecule is CCC(O)c1ccc(-c2ccc(COCOC)cc2)cn1.CCC(OS(C)(=O)=O)c1ccc(-c2ccc(COCOC)cc2)cn1.CS(=O)(=O)Cl. The molecule has 4 aromatic rings. The highest BCUT2D eigenvalue weighted by Crippen LogP contribution is 2.25. The van der Waals surface area contributed by atoms with Crippen LogP contribution in [0.15, 0.2) is 85.2 Å². The van der Waals surface area contributed by atoms with Crippen molar-refractivity contribution in [3.05, 3.63) is 108 Å². The highest BCUT2D eigenvalue weighted by molar-refractivity contribution is 8.13. The van der Waals surface area contributed by atoms with Gasteiger partial charge in [-0.25, -0.2) is 8.42 Å². The van der Waals surface area contributed by atoms with Crippen LogP contribution in [0.3, 0.4) is 0 Å². The van der Waals surface area contributed by atoms with Gasteiger partial charge in [-0.2, -0.15) is 8.42 Å². The second kappa shape index (κ2) is 22.6. The van der Waals surface area contributed by atoms with Crippen LogP contribution in [0.25, 0.3) is 22.3 Å². The van der Waals surface area contributed by atoms with E-state index in [1.165, 1.54) is 0 Å². The van der Waals surface area contributed by atoms with Gasteiger partial charge in [0.25, 0.3) is 10.1 Å². The molecule has 0 amide bonds. The molecule has 2 atom stereocenters. The fourth-order valence-corrected chi connectivity index (χ4v) is 5.02. The minimum atomic E-state index is -3.52. The summed E-state index contributed by atoms with van der Waals surface area (Å²) in [5, 5.41) is 9.74. The molecule has 4 rings (SSSR count). The number of pyridine rings is 2. The Hall–Kier alpha value is -3.31. The van der Waals surface area contributed by atoms with Crippen molar-refractivity contribution in [2.45, 2.75) is 52.1 Å². The Morgan fingerprint density at radius 1 is 0.647 bits per heavy atom. The van der Waals surface area contributed by atoms with Crippen LogP contribution in [0.1, 0.15) is 61.4 Å². The van der Waals surface area contributed by atoms with Crippen molar-refractivity contribution >= 4 is 29.9 Å². The van der Waals surface area contributed by atoms with Gasteiger partial charge < -0.3 is 24.1 Å². The van der Waals surface area contributed by atoms with Gasteiger partial charge >= 0.3 is 0 Å². The van der Waals surface area contributed by atoms with Gasteiger partial charge in [-0.1, -0.05) is 74.5 Å². The molecule has 0 saturated heterocycles. The van der Waals surface area contributed by atoms with E-state index in [2.05, 4.69) is 20.7 Å². The summed E-state index contributed by atoms with van der Waals surface area (Å²) in [5.74, 6) is 0. The number of ether oxygens (including phenoxy) is 4. The number of halogens is 1. The van der Waals surface area contributed by atoms with E-state index >= 15 is 0 Å². The van der Waals surface area contributed by atoms with Gasteiger partial charge in [-0.15, -0.1) is 0 Å². The van der Waals surface area contributed by atoms with Crippen LogP contribution >= 0.6 is 10.7 Å². The molecular weight excluding hydrogens is 720 g/mol. The standard InChI is InChI=1S/C18H23NO5S.C17H21NO3.CH3ClO2S/c1-4-18(24-25(3,20)21)17-10-9-16(11-19-17)15-7-5-14(6-8-15)12-23-13-22-2;1-3-17(19)16-9-8-15(10-18-16)14-6-4-13(5-7-14)11-21-12-20-2;1-5(2,3)4/h5-11,18H,4,12-13H2,1-3H3;4-10,17,19H,3,11-12H2,1-2H3;1H3. The summed E-state index contributed by atoms with van der Waals surface area (Å²) >= 11 is 0. The molecule has 2 aromatic heterocycles. The molecule has 0 aliphatic rings. The van der Waals surface area contributed by atoms with Crippen molar-refractivity contribution in [2.75, 3.05) is 40.3 Å². The van der Waals surface area contributed by atoms with Crippen LogP contribution in [0, 0.1) is 0 Å². The lowest BCUT2D eigenvalue weighted by molar-refractivity contribution is -0.0391. The molecule has 2 heterocycles. The molecule has 0 bridgehead atoms. The van der Waals surface area contributed by atoms with E-state index < -0.39 is 31.4 Å². The smallest absolute Gasteiger partial charge is 0.265 e. The summed E-state index contributed by atoms with van der Waals surface area (Å²) < 4.78 is 66.8. The van der Waals surface area contributed by atoms with Gasteiger partial charge in [0.05, 0.1) is 43.2 Å². The molecule has 0 saturated carbocycles. The Balaban J connectivity index is 0.000000316. The van der Waals surface area contributed by atoms with Crippen molar-refractivity contribution in [2.24, 2.45) is 0 Å². The molecule has 51 heavy (non-hydrogen) atoms. The molecule has 0 aliphatic carbocycles. The van der Waals surface area contributed by atoms with Crippen molar-refractivity contribution in [3.8, 4) is 22.3 Å². The summed E-state index contributed by atoms with van der Waals surface area (Å²) in [7, 11) is 0.980. The molecule has 2 unspecified atom stereocenters. The number of aliphatic hydroxyl groups is 1. The minimum Gasteiger partial charge on any atom is -0.387 e. The zero-order valence-electron chi connectivity index (χ0n) is 29.7. The monoisotopic (exact) mass is 766 g/mol. The van der Waals surface area contributed by atoms with Crippen LogP contribution < -0.4 is 0 Å². The fraction of sp³-hybridized carbons (Fsp3) is 0.389. The summed E-state index contributed by atoms with van der Waals surface area (Å²) in [6.07, 6.45) is 5.63. The maximum Gasteiger partial charge on any atom is 0.265 e. The minimum absolute atomic E-state index is 0.265. The van der Waals surface area contributed by atoms with Gasteiger partial charge in [0.2, 0.25) is 9.05 Å². The van der Waals surface area contributed by atoms with Crippen molar-refractivity contribution in [3.63, 3.8) is 0 Å². The quantitative estimate of drug-likeness (QED) is 0.0551. The first-order chi connectivity index (χ1) is 24.2. The van der Waals surface area contributed by atoms with E-state index in [9.17, 15) is 21.9 Å². The second-order valence-electron chi connectivity index (χ2n) is 11.2. The van der Waals surface area contributed by atoms with Crippen molar-refractivity contribution in [1.29, 1.82) is 0 Å². The lowest BCUT2D eigenvalue weighted by Crippen LogP contribution is -2.11. The Bertz CT molecular complexity index is 1770. The maximum atomic E-state index is 11.3. The number of hydrogen-bond acceptors (Lipinski definition) is 12. The molecule has 0 aliphatic heterocycles. The zero-order valence-corrected chi connectivity index (χ0v) is 32.1. The first kappa shape index (κ1) is 43.9. The van der Waals surface area contributed by atoms with E-state index in [1.807, 2.05) is 80.6 Å². The Morgan fingerprint density at radius 2 is 1.04 bits per heavy atom. The Labute approximate surface area is 306 Å². The number of aromatic nitrogens is 2. The number of rotatable bonds is 16. The van der Waals surface area contributed by atoms with Crippen LogP contribution in [-0.4, -0.2) is 72.2 Å². The van der Waals surface area contributed by atoms with Gasteiger partial charge in [-0.3, -0.25) is 14.2 Å². The van der Waals surface area contributed by atoms with Gasteiger partial charge in [-0.05, 0) is 47.2 Å². The van der Waals surface area contributed by atoms with Crippen LogP contribution in [0.2, 0.25) is 0 Å². The van der Waals surface area contributed by atoms with Crippen molar-refractivity contribution in [1.82, 2.24) is 9.97 Å². The molecule has 0 spiro atoms. The van der Waals surface area contributed by atoms with Crippen molar-refractivity contribution < 1.29 is 45.1 Å². The average molecular weight is 767 g/mol. The second-order valence-corrected chi connectivity index (χ2v) is 15.8. The maximum absolute atomic E-state index is 11.3. The first-order valence-electron chi connectivity index (χ1n) is 15.9. The normalized spacial score (nSPS) is 12.5. The molecule has 0 fully saturated rings. The van der Waals surface area contributed by atoms with E-state index in [1.54, 1.807) is 32.7 Å². The third kappa shape index (κ3) is 18.1. The zero-order chi connectivity index (χ0) is 37.9. The molecule has 0 radical (unpaired) electrons. The molecule has 280 valence electrons. The van der Waals surface area contributed by atoms with E-state index in [0.717, 1.165) is 45.9 Å². The van der Waals surface area contributed by atoms with Gasteiger partial charge in [0.15, 0.2) is 0 Å². The van der Waals surface area contributed by atoms with Gasteiger partial charge in [0, 0.05) is 48.4 Å². The Morgan fingerprint density at radius 3 is 1.35 bits per heavy atom. The summed E-state index contributed by atoms with van der Waals surface area (Å²) in [5.41, 5.74) is 7.56. The number of benzene rings is 2. The Kier molecular flexibility index (Phi) is 19.4. The average Bonchev–Trinajstić information content (AvgIpc) is 3.10. The highest BCUT2D eigenvalue weighted by Gasteiger charge is 2.17. The topological polar surface area (TPSA) is 160 Å². The van der Waals surface area contributed by atoms with Crippen LogP contribution in [0.5, 0.6) is 0 Å². The van der Waals surface area contributed by atoms with Gasteiger partial charge in [0.1, 0.15) is 19.7 Å². The summed E-state index contributed by atoms with van der Waals surface area (Å²) in [4.78, 5) is 8.68.